The van der Waals surface area contributed by atoms with E-state index in [0.29, 0.717) is 29.3 Å². The third-order valence-corrected chi connectivity index (χ3v) is 6.37. The van der Waals surface area contributed by atoms with E-state index < -0.39 is 17.7 Å². The van der Waals surface area contributed by atoms with Crippen LogP contribution in [0.1, 0.15) is 40.3 Å². The number of rotatable bonds is 9. The molecular weight excluding hydrogens is 505 g/mol. The minimum absolute atomic E-state index is 0.0741. The molecule has 0 fully saturated rings. The normalized spacial score (nSPS) is 12.3. The lowest BCUT2D eigenvalue weighted by Gasteiger charge is -2.19. The number of halogens is 3. The second kappa shape index (κ2) is 11.4. The Morgan fingerprint density at radius 2 is 1.74 bits per heavy atom. The first-order valence-electron chi connectivity index (χ1n) is 12.3. The summed E-state index contributed by atoms with van der Waals surface area (Å²) in [5.41, 5.74) is 2.53. The van der Waals surface area contributed by atoms with E-state index in [0.717, 1.165) is 23.3 Å². The number of fused-ring (bicyclic) bond motifs is 1. The Morgan fingerprint density at radius 1 is 0.949 bits per heavy atom. The van der Waals surface area contributed by atoms with Gasteiger partial charge in [-0.15, -0.1) is 0 Å². The molecule has 2 aromatic carbocycles. The largest absolute Gasteiger partial charge is 0.485 e. The fourth-order valence-electron chi connectivity index (χ4n) is 4.39. The highest BCUT2D eigenvalue weighted by atomic mass is 19.4. The zero-order valence-electron chi connectivity index (χ0n) is 20.8. The van der Waals surface area contributed by atoms with Crippen LogP contribution < -0.4 is 10.1 Å². The fraction of sp³-hybridized carbons (Fsp3) is 0.167. The molecule has 9 heteroatoms. The summed E-state index contributed by atoms with van der Waals surface area (Å²) in [6, 6.07) is 21.9. The summed E-state index contributed by atoms with van der Waals surface area (Å²) in [6.07, 6.45) is 2.03. The summed E-state index contributed by atoms with van der Waals surface area (Å²) in [7, 11) is 0. The first-order valence-corrected chi connectivity index (χ1v) is 12.3. The smallest absolute Gasteiger partial charge is 0.416 e. The molecule has 1 amide bonds. The van der Waals surface area contributed by atoms with E-state index in [2.05, 4.69) is 15.3 Å². The lowest BCUT2D eigenvalue weighted by molar-refractivity contribution is -0.137. The number of ether oxygens (including phenoxy) is 1. The Labute approximate surface area is 223 Å². The third kappa shape index (κ3) is 6.26. The molecule has 6 nitrogen and oxygen atoms in total. The molecule has 0 aliphatic rings. The van der Waals surface area contributed by atoms with Crippen LogP contribution in [0.25, 0.3) is 5.65 Å². The number of pyridine rings is 2. The van der Waals surface area contributed by atoms with Crippen molar-refractivity contribution in [2.75, 3.05) is 0 Å². The van der Waals surface area contributed by atoms with Crippen molar-refractivity contribution in [1.82, 2.24) is 19.7 Å². The molecule has 0 spiro atoms. The van der Waals surface area contributed by atoms with E-state index >= 15 is 0 Å². The molecule has 1 unspecified atom stereocenters. The highest BCUT2D eigenvalue weighted by Gasteiger charge is 2.32. The van der Waals surface area contributed by atoms with Gasteiger partial charge in [0.15, 0.2) is 11.4 Å². The van der Waals surface area contributed by atoms with Crippen molar-refractivity contribution in [3.8, 4) is 5.75 Å². The van der Waals surface area contributed by atoms with Crippen molar-refractivity contribution in [3.05, 3.63) is 132 Å². The minimum atomic E-state index is -4.51. The number of hydrogen-bond acceptors (Lipinski definition) is 4. The summed E-state index contributed by atoms with van der Waals surface area (Å²) in [4.78, 5) is 21.5. The third-order valence-electron chi connectivity index (χ3n) is 6.37. The Balaban J connectivity index is 1.46. The van der Waals surface area contributed by atoms with Crippen LogP contribution in [0.4, 0.5) is 13.2 Å². The maximum Gasteiger partial charge on any atom is 0.416 e. The second-order valence-corrected chi connectivity index (χ2v) is 9.04. The van der Waals surface area contributed by atoms with Gasteiger partial charge in [-0.25, -0.2) is 4.98 Å². The molecule has 1 N–H and O–H groups in total. The summed E-state index contributed by atoms with van der Waals surface area (Å²) in [5, 5.41) is 2.86. The average Bonchev–Trinajstić information content (AvgIpc) is 3.39. The van der Waals surface area contributed by atoms with Gasteiger partial charge in [-0.1, -0.05) is 48.5 Å². The van der Waals surface area contributed by atoms with Crippen molar-refractivity contribution in [1.29, 1.82) is 0 Å². The van der Waals surface area contributed by atoms with Gasteiger partial charge in [0.05, 0.1) is 11.3 Å². The van der Waals surface area contributed by atoms with Crippen molar-refractivity contribution < 1.29 is 22.7 Å². The number of alkyl halides is 3. The molecular formula is C30H25F3N4O2. The van der Waals surface area contributed by atoms with Crippen LogP contribution in [0, 0.1) is 0 Å². The Kier molecular flexibility index (Phi) is 7.58. The molecule has 0 radical (unpaired) electrons. The number of nitrogens with zero attached hydrogens (tertiary/aromatic N) is 3. The van der Waals surface area contributed by atoms with Crippen LogP contribution in [0.3, 0.4) is 0 Å². The van der Waals surface area contributed by atoms with Crippen LogP contribution in [0.15, 0.2) is 104 Å². The van der Waals surface area contributed by atoms with Gasteiger partial charge in [0.25, 0.3) is 0 Å². The van der Waals surface area contributed by atoms with E-state index in [4.69, 9.17) is 4.74 Å². The minimum Gasteiger partial charge on any atom is -0.485 e. The molecule has 3 heterocycles. The van der Waals surface area contributed by atoms with Crippen molar-refractivity contribution in [2.24, 2.45) is 0 Å². The highest BCUT2D eigenvalue weighted by Crippen LogP contribution is 2.35. The van der Waals surface area contributed by atoms with Crippen LogP contribution in [0.2, 0.25) is 0 Å². The van der Waals surface area contributed by atoms with Gasteiger partial charge in [0.2, 0.25) is 5.91 Å². The zero-order chi connectivity index (χ0) is 27.2. The van der Waals surface area contributed by atoms with E-state index in [9.17, 15) is 18.0 Å². The number of aromatic nitrogens is 3. The van der Waals surface area contributed by atoms with Gasteiger partial charge in [-0.05, 0) is 47.0 Å². The van der Waals surface area contributed by atoms with Gasteiger partial charge in [0, 0.05) is 43.7 Å². The maximum atomic E-state index is 13.6. The quantitative estimate of drug-likeness (QED) is 0.248. The molecule has 5 rings (SSSR count). The molecule has 0 aliphatic carbocycles. The molecule has 0 saturated heterocycles. The molecule has 0 bridgehead atoms. The van der Waals surface area contributed by atoms with E-state index in [1.165, 1.54) is 6.07 Å². The monoisotopic (exact) mass is 530 g/mol. The second-order valence-electron chi connectivity index (χ2n) is 9.04. The SMILES string of the molecule is O=C(CC(c1cccc(C(F)(F)F)c1)c1cnc2c(OCc3ccccc3)cccn12)NCc1ccncc1. The molecule has 1 atom stereocenters. The Bertz CT molecular complexity index is 1550. The van der Waals surface area contributed by atoms with Gasteiger partial charge in [-0.3, -0.25) is 9.78 Å². The molecule has 198 valence electrons. The number of benzene rings is 2. The van der Waals surface area contributed by atoms with Crippen molar-refractivity contribution in [2.45, 2.75) is 31.7 Å². The molecule has 3 aromatic heterocycles. The molecule has 0 aliphatic heterocycles. The van der Waals surface area contributed by atoms with Gasteiger partial charge in [-0.2, -0.15) is 13.2 Å². The predicted molar refractivity (Wildman–Crippen MR) is 140 cm³/mol. The first kappa shape index (κ1) is 26.0. The van der Waals surface area contributed by atoms with Crippen LogP contribution in [-0.2, 0) is 24.1 Å². The van der Waals surface area contributed by atoms with E-state index in [1.54, 1.807) is 59.5 Å². The van der Waals surface area contributed by atoms with Crippen molar-refractivity contribution in [3.63, 3.8) is 0 Å². The number of carbonyl (C=O) groups is 1. The topological polar surface area (TPSA) is 68.5 Å². The average molecular weight is 531 g/mol. The van der Waals surface area contributed by atoms with Crippen molar-refractivity contribution >= 4 is 11.6 Å². The lowest BCUT2D eigenvalue weighted by atomic mass is 9.91. The molecule has 39 heavy (non-hydrogen) atoms. The Hall–Kier alpha value is -4.66. The van der Waals surface area contributed by atoms with Crippen LogP contribution in [0.5, 0.6) is 5.75 Å². The fourth-order valence-corrected chi connectivity index (χ4v) is 4.39. The van der Waals surface area contributed by atoms with Crippen LogP contribution >= 0.6 is 0 Å². The van der Waals surface area contributed by atoms with Gasteiger partial charge < -0.3 is 14.5 Å². The first-order chi connectivity index (χ1) is 18.9. The highest BCUT2D eigenvalue weighted by molar-refractivity contribution is 5.77. The lowest BCUT2D eigenvalue weighted by Crippen LogP contribution is -2.25. The summed E-state index contributed by atoms with van der Waals surface area (Å²) in [6.45, 7) is 0.610. The number of hydrogen-bond donors (Lipinski definition) is 1. The van der Waals surface area contributed by atoms with Gasteiger partial charge in [0.1, 0.15) is 6.61 Å². The summed E-state index contributed by atoms with van der Waals surface area (Å²) < 4.78 is 48.5. The van der Waals surface area contributed by atoms with E-state index in [-0.39, 0.29) is 18.9 Å². The Morgan fingerprint density at radius 3 is 2.51 bits per heavy atom. The molecule has 0 saturated carbocycles. The summed E-state index contributed by atoms with van der Waals surface area (Å²) >= 11 is 0. The predicted octanol–water partition coefficient (Wildman–Crippen LogP) is 6.17. The van der Waals surface area contributed by atoms with Gasteiger partial charge >= 0.3 is 6.18 Å². The number of nitrogens with one attached hydrogen (secondary N) is 1. The number of imidazole rings is 1. The number of carbonyl (C=O) groups excluding carboxylic acids is 1. The standard InChI is InChI=1S/C30H25F3N4O2/c31-30(32,33)24-9-4-8-23(16-24)25(17-28(38)35-18-21-11-13-34-14-12-21)26-19-36-29-27(10-5-15-37(26)29)39-20-22-6-2-1-3-7-22/h1-16,19,25H,17-18,20H2,(H,35,38). The molecule has 5 aromatic rings. The van der Waals surface area contributed by atoms with E-state index in [1.807, 2.05) is 30.3 Å². The zero-order valence-corrected chi connectivity index (χ0v) is 20.8. The maximum absolute atomic E-state index is 13.6. The summed E-state index contributed by atoms with van der Waals surface area (Å²) in [5.74, 6) is -0.470. The van der Waals surface area contributed by atoms with Crippen LogP contribution in [-0.4, -0.2) is 20.3 Å². The number of amides is 1.